The highest BCUT2D eigenvalue weighted by Gasteiger charge is 2.21. The summed E-state index contributed by atoms with van der Waals surface area (Å²) in [5.41, 5.74) is 0.106. The van der Waals surface area contributed by atoms with Crippen molar-refractivity contribution in [3.63, 3.8) is 0 Å². The molecule has 0 atom stereocenters. The summed E-state index contributed by atoms with van der Waals surface area (Å²) in [6, 6.07) is 7.32. The van der Waals surface area contributed by atoms with E-state index < -0.39 is 30.8 Å². The fourth-order valence-electron chi connectivity index (χ4n) is 1.76. The number of benzene rings is 2. The third-order valence-electron chi connectivity index (χ3n) is 2.72. The lowest BCUT2D eigenvalue weighted by Gasteiger charge is -2.12. The predicted molar refractivity (Wildman–Crippen MR) is 92.1 cm³/mol. The lowest BCUT2D eigenvalue weighted by molar-refractivity contribution is 0.570. The van der Waals surface area contributed by atoms with Crippen molar-refractivity contribution in [3.8, 4) is 0 Å². The molecule has 0 aliphatic rings. The minimum Gasteiger partial charge on any atom is -0.282 e. The molecule has 0 saturated heterocycles. The summed E-state index contributed by atoms with van der Waals surface area (Å²) in [5, 5.41) is -0.365. The van der Waals surface area contributed by atoms with Crippen LogP contribution in [0.4, 0.5) is 15.8 Å². The topological polar surface area (TPSA) is 92.3 Å². The molecule has 0 heterocycles. The zero-order valence-electron chi connectivity index (χ0n) is 12.0. The van der Waals surface area contributed by atoms with Gasteiger partial charge in [0, 0.05) is 0 Å². The quantitative estimate of drug-likeness (QED) is 0.787. The Morgan fingerprint density at radius 3 is 2.21 bits per heavy atom. The van der Waals surface area contributed by atoms with Crippen molar-refractivity contribution in [2.45, 2.75) is 4.90 Å². The highest BCUT2D eigenvalue weighted by atomic mass is 35.5. The van der Waals surface area contributed by atoms with Crippen LogP contribution < -0.4 is 9.44 Å². The first-order valence-corrected chi connectivity index (χ1v) is 10.4. The molecule has 0 aliphatic carbocycles. The van der Waals surface area contributed by atoms with Crippen LogP contribution in [0.3, 0.4) is 0 Å². The van der Waals surface area contributed by atoms with Crippen molar-refractivity contribution in [2.24, 2.45) is 0 Å². The second-order valence-electron chi connectivity index (χ2n) is 4.73. The van der Waals surface area contributed by atoms with E-state index in [1.54, 1.807) is 0 Å². The van der Waals surface area contributed by atoms with Crippen LogP contribution in [0, 0.1) is 5.82 Å². The van der Waals surface area contributed by atoms with E-state index in [2.05, 4.69) is 9.44 Å². The first-order valence-electron chi connectivity index (χ1n) is 6.24. The number of halogens is 3. The standard InChI is InChI=1S/C13H11Cl2FN2O4S2/c1-23(19,20)18-11-6-5-8(7-10(11)15)17-24(21,22)12-4-2-3-9(14)13(12)16/h2-7,17-18H,1H3. The van der Waals surface area contributed by atoms with Crippen molar-refractivity contribution >= 4 is 54.6 Å². The van der Waals surface area contributed by atoms with E-state index in [0.29, 0.717) is 0 Å². The molecule has 0 saturated carbocycles. The van der Waals surface area contributed by atoms with Gasteiger partial charge in [0.15, 0.2) is 5.82 Å². The van der Waals surface area contributed by atoms with Crippen LogP contribution in [0.2, 0.25) is 10.0 Å². The van der Waals surface area contributed by atoms with Gasteiger partial charge >= 0.3 is 0 Å². The Bertz CT molecular complexity index is 995. The van der Waals surface area contributed by atoms with Gasteiger partial charge in [-0.2, -0.15) is 0 Å². The Morgan fingerprint density at radius 2 is 1.62 bits per heavy atom. The number of sulfonamides is 2. The highest BCUT2D eigenvalue weighted by molar-refractivity contribution is 7.92. The molecule has 0 unspecified atom stereocenters. The molecule has 24 heavy (non-hydrogen) atoms. The maximum Gasteiger partial charge on any atom is 0.264 e. The number of hydrogen-bond donors (Lipinski definition) is 2. The summed E-state index contributed by atoms with van der Waals surface area (Å²) in [5.74, 6) is -1.08. The molecule has 0 spiro atoms. The van der Waals surface area contributed by atoms with Crippen LogP contribution in [0.25, 0.3) is 0 Å². The van der Waals surface area contributed by atoms with Crippen LogP contribution in [0.15, 0.2) is 41.3 Å². The molecule has 2 aromatic rings. The molecule has 2 aromatic carbocycles. The molecule has 130 valence electrons. The summed E-state index contributed by atoms with van der Waals surface area (Å²) >= 11 is 11.5. The monoisotopic (exact) mass is 412 g/mol. The Morgan fingerprint density at radius 1 is 0.958 bits per heavy atom. The molecule has 0 fully saturated rings. The summed E-state index contributed by atoms with van der Waals surface area (Å²) in [6.07, 6.45) is 0.946. The van der Waals surface area contributed by atoms with Gasteiger partial charge in [-0.3, -0.25) is 9.44 Å². The lowest BCUT2D eigenvalue weighted by Crippen LogP contribution is -2.15. The minimum atomic E-state index is -4.24. The maximum atomic E-state index is 13.9. The average molecular weight is 413 g/mol. The molecular weight excluding hydrogens is 402 g/mol. The van der Waals surface area contributed by atoms with Gasteiger partial charge in [0.25, 0.3) is 10.0 Å². The minimum absolute atomic E-state index is 0.0263. The normalized spacial score (nSPS) is 12.0. The van der Waals surface area contributed by atoms with Crippen LogP contribution in [0.5, 0.6) is 0 Å². The molecule has 0 bridgehead atoms. The lowest BCUT2D eigenvalue weighted by atomic mass is 10.3. The zero-order chi connectivity index (χ0) is 18.1. The first-order chi connectivity index (χ1) is 11.0. The highest BCUT2D eigenvalue weighted by Crippen LogP contribution is 2.29. The van der Waals surface area contributed by atoms with Gasteiger partial charge < -0.3 is 0 Å². The largest absolute Gasteiger partial charge is 0.282 e. The van der Waals surface area contributed by atoms with Crippen LogP contribution in [0.1, 0.15) is 0 Å². The molecule has 0 aromatic heterocycles. The van der Waals surface area contributed by atoms with Gasteiger partial charge in [-0.25, -0.2) is 21.2 Å². The Balaban J connectivity index is 2.34. The van der Waals surface area contributed by atoms with Crippen molar-refractivity contribution in [1.29, 1.82) is 0 Å². The van der Waals surface area contributed by atoms with E-state index in [0.717, 1.165) is 12.3 Å². The van der Waals surface area contributed by atoms with Crippen molar-refractivity contribution in [2.75, 3.05) is 15.7 Å². The molecule has 0 radical (unpaired) electrons. The molecule has 2 rings (SSSR count). The predicted octanol–water partition coefficient (Wildman–Crippen LogP) is 3.30. The number of anilines is 2. The number of hydrogen-bond acceptors (Lipinski definition) is 4. The summed E-state index contributed by atoms with van der Waals surface area (Å²) in [4.78, 5) is -0.621. The van der Waals surface area contributed by atoms with Crippen LogP contribution in [-0.2, 0) is 20.0 Å². The smallest absolute Gasteiger partial charge is 0.264 e. The molecule has 0 aliphatic heterocycles. The van der Waals surface area contributed by atoms with Gasteiger partial charge in [-0.1, -0.05) is 29.3 Å². The Labute approximate surface area is 148 Å². The summed E-state index contributed by atoms with van der Waals surface area (Å²) in [6.45, 7) is 0. The van der Waals surface area contributed by atoms with Crippen LogP contribution in [-0.4, -0.2) is 23.1 Å². The van der Waals surface area contributed by atoms with Crippen molar-refractivity contribution < 1.29 is 21.2 Å². The van der Waals surface area contributed by atoms with Crippen molar-refractivity contribution in [3.05, 3.63) is 52.3 Å². The van der Waals surface area contributed by atoms with Gasteiger partial charge in [0.05, 0.1) is 27.7 Å². The Hall–Kier alpha value is -1.55. The molecule has 11 heteroatoms. The first kappa shape index (κ1) is 18.8. The zero-order valence-corrected chi connectivity index (χ0v) is 15.2. The van der Waals surface area contributed by atoms with Gasteiger partial charge in [0.1, 0.15) is 4.90 Å². The second kappa shape index (κ2) is 6.75. The van der Waals surface area contributed by atoms with Gasteiger partial charge in [0.2, 0.25) is 10.0 Å². The molecular formula is C13H11Cl2FN2O4S2. The van der Waals surface area contributed by atoms with E-state index in [1.807, 2.05) is 0 Å². The van der Waals surface area contributed by atoms with E-state index in [4.69, 9.17) is 23.2 Å². The summed E-state index contributed by atoms with van der Waals surface area (Å²) < 4.78 is 65.0. The van der Waals surface area contributed by atoms with E-state index >= 15 is 0 Å². The fraction of sp³-hybridized carbons (Fsp3) is 0.0769. The summed E-state index contributed by atoms with van der Waals surface area (Å²) in [7, 11) is -7.78. The number of rotatable bonds is 5. The van der Waals surface area contributed by atoms with Gasteiger partial charge in [-0.05, 0) is 30.3 Å². The van der Waals surface area contributed by atoms with E-state index in [-0.39, 0.29) is 21.4 Å². The van der Waals surface area contributed by atoms with E-state index in [1.165, 1.54) is 30.3 Å². The molecule has 6 nitrogen and oxygen atoms in total. The maximum absolute atomic E-state index is 13.9. The Kier molecular flexibility index (Phi) is 5.28. The SMILES string of the molecule is CS(=O)(=O)Nc1ccc(NS(=O)(=O)c2cccc(Cl)c2F)cc1Cl. The molecule has 0 amide bonds. The van der Waals surface area contributed by atoms with E-state index in [9.17, 15) is 21.2 Å². The second-order valence-corrected chi connectivity index (χ2v) is 8.94. The average Bonchev–Trinajstić information content (AvgIpc) is 2.43. The number of nitrogens with one attached hydrogen (secondary N) is 2. The third-order valence-corrected chi connectivity index (χ3v) is 5.32. The fourth-order valence-corrected chi connectivity index (χ4v) is 4.01. The van der Waals surface area contributed by atoms with Crippen molar-refractivity contribution in [1.82, 2.24) is 0 Å². The van der Waals surface area contributed by atoms with Gasteiger partial charge in [-0.15, -0.1) is 0 Å². The molecule has 2 N–H and O–H groups in total. The third kappa shape index (κ3) is 4.50. The van der Waals surface area contributed by atoms with Crippen LogP contribution >= 0.6 is 23.2 Å².